The third-order valence-electron chi connectivity index (χ3n) is 2.80. The first kappa shape index (κ1) is 13.6. The number of rotatable bonds is 5. The maximum atomic E-state index is 14.2. The molecule has 0 aromatic heterocycles. The lowest BCUT2D eigenvalue weighted by Gasteiger charge is -2.30. The van der Waals surface area contributed by atoms with Gasteiger partial charge in [0, 0.05) is 5.56 Å². The zero-order valence-electron chi connectivity index (χ0n) is 10.0. The number of nitriles is 1. The second-order valence-corrected chi connectivity index (χ2v) is 3.74. The standard InChI is InChI=1S/C13H16F2N2/c1-3-17(4-2)12(10-16)13(14,15)11-8-6-5-7-9-11/h5-9,12H,3-4H2,1-2H3. The van der Waals surface area contributed by atoms with E-state index in [4.69, 9.17) is 5.26 Å². The first-order valence-electron chi connectivity index (χ1n) is 5.64. The summed E-state index contributed by atoms with van der Waals surface area (Å²) in [4.78, 5) is 1.47. The van der Waals surface area contributed by atoms with Crippen LogP contribution in [0.4, 0.5) is 8.78 Å². The summed E-state index contributed by atoms with van der Waals surface area (Å²) in [6, 6.07) is 7.80. The smallest absolute Gasteiger partial charge is 0.283 e. The molecule has 2 nitrogen and oxygen atoms in total. The first-order chi connectivity index (χ1) is 8.07. The van der Waals surface area contributed by atoms with Crippen LogP contribution in [0.1, 0.15) is 19.4 Å². The molecule has 1 aromatic carbocycles. The molecule has 0 radical (unpaired) electrons. The van der Waals surface area contributed by atoms with E-state index in [1.165, 1.54) is 17.0 Å². The van der Waals surface area contributed by atoms with Crippen molar-refractivity contribution in [1.29, 1.82) is 5.26 Å². The Hall–Kier alpha value is -1.47. The van der Waals surface area contributed by atoms with E-state index in [1.54, 1.807) is 38.1 Å². The summed E-state index contributed by atoms with van der Waals surface area (Å²) in [5, 5.41) is 8.98. The van der Waals surface area contributed by atoms with Gasteiger partial charge in [-0.25, -0.2) is 0 Å². The fourth-order valence-corrected chi connectivity index (χ4v) is 1.80. The van der Waals surface area contributed by atoms with E-state index in [0.29, 0.717) is 13.1 Å². The maximum Gasteiger partial charge on any atom is 0.301 e. The van der Waals surface area contributed by atoms with Crippen molar-refractivity contribution in [1.82, 2.24) is 4.90 Å². The fourth-order valence-electron chi connectivity index (χ4n) is 1.80. The van der Waals surface area contributed by atoms with Crippen LogP contribution in [0.5, 0.6) is 0 Å². The number of benzene rings is 1. The minimum Gasteiger partial charge on any atom is -0.283 e. The van der Waals surface area contributed by atoms with E-state index in [1.807, 2.05) is 0 Å². The molecule has 0 N–H and O–H groups in total. The van der Waals surface area contributed by atoms with Gasteiger partial charge in [0.05, 0.1) is 6.07 Å². The van der Waals surface area contributed by atoms with Crippen molar-refractivity contribution in [2.45, 2.75) is 25.8 Å². The van der Waals surface area contributed by atoms with Crippen molar-refractivity contribution in [3.8, 4) is 6.07 Å². The van der Waals surface area contributed by atoms with Gasteiger partial charge in [0.1, 0.15) is 0 Å². The van der Waals surface area contributed by atoms with E-state index >= 15 is 0 Å². The van der Waals surface area contributed by atoms with Gasteiger partial charge in [0.25, 0.3) is 0 Å². The van der Waals surface area contributed by atoms with Crippen molar-refractivity contribution in [3.05, 3.63) is 35.9 Å². The number of likely N-dealkylation sites (N-methyl/N-ethyl adjacent to an activating group) is 1. The van der Waals surface area contributed by atoms with Crippen molar-refractivity contribution in [2.75, 3.05) is 13.1 Å². The number of hydrogen-bond acceptors (Lipinski definition) is 2. The van der Waals surface area contributed by atoms with Crippen molar-refractivity contribution in [3.63, 3.8) is 0 Å². The molecule has 0 spiro atoms. The molecule has 4 heteroatoms. The van der Waals surface area contributed by atoms with Crippen LogP contribution >= 0.6 is 0 Å². The molecule has 0 aliphatic heterocycles. The van der Waals surface area contributed by atoms with Crippen LogP contribution in [0, 0.1) is 11.3 Å². The summed E-state index contributed by atoms with van der Waals surface area (Å²) in [7, 11) is 0. The van der Waals surface area contributed by atoms with Crippen molar-refractivity contribution in [2.24, 2.45) is 0 Å². The summed E-state index contributed by atoms with van der Waals surface area (Å²) in [6.07, 6.45) is 0. The Morgan fingerprint density at radius 1 is 1.24 bits per heavy atom. The summed E-state index contributed by atoms with van der Waals surface area (Å²) in [5.41, 5.74) is -0.113. The Balaban J connectivity index is 3.07. The molecular weight excluding hydrogens is 222 g/mol. The SMILES string of the molecule is CCN(CC)C(C#N)C(F)(F)c1ccccc1. The maximum absolute atomic E-state index is 14.2. The molecule has 0 saturated heterocycles. The summed E-state index contributed by atoms with van der Waals surface area (Å²) >= 11 is 0. The Morgan fingerprint density at radius 2 is 1.76 bits per heavy atom. The van der Waals surface area contributed by atoms with Crippen LogP contribution in [-0.2, 0) is 5.92 Å². The van der Waals surface area contributed by atoms with E-state index in [9.17, 15) is 8.78 Å². The lowest BCUT2D eigenvalue weighted by atomic mass is 10.0. The highest BCUT2D eigenvalue weighted by molar-refractivity contribution is 5.24. The Labute approximate surface area is 100 Å². The van der Waals surface area contributed by atoms with Crippen LogP contribution in [0.15, 0.2) is 30.3 Å². The van der Waals surface area contributed by atoms with Crippen molar-refractivity contribution >= 4 is 0 Å². The molecule has 0 aliphatic rings. The van der Waals surface area contributed by atoms with E-state index in [-0.39, 0.29) is 5.56 Å². The van der Waals surface area contributed by atoms with Gasteiger partial charge < -0.3 is 0 Å². The minimum absolute atomic E-state index is 0.113. The summed E-state index contributed by atoms with van der Waals surface area (Å²) in [6.45, 7) is 4.40. The van der Waals surface area contributed by atoms with Gasteiger partial charge in [-0.2, -0.15) is 14.0 Å². The van der Waals surface area contributed by atoms with Gasteiger partial charge in [-0.3, -0.25) is 4.90 Å². The molecule has 0 heterocycles. The molecule has 0 aliphatic carbocycles. The largest absolute Gasteiger partial charge is 0.301 e. The molecular formula is C13H16F2N2. The van der Waals surface area contributed by atoms with Gasteiger partial charge >= 0.3 is 5.92 Å². The molecule has 1 atom stereocenters. The Kier molecular flexibility index (Phi) is 4.59. The van der Waals surface area contributed by atoms with Crippen LogP contribution in [0.2, 0.25) is 0 Å². The molecule has 0 bridgehead atoms. The second kappa shape index (κ2) is 5.74. The van der Waals surface area contributed by atoms with Gasteiger partial charge in [-0.15, -0.1) is 0 Å². The molecule has 0 amide bonds. The van der Waals surface area contributed by atoms with E-state index < -0.39 is 12.0 Å². The highest BCUT2D eigenvalue weighted by atomic mass is 19.3. The van der Waals surface area contributed by atoms with Crippen LogP contribution in [0.25, 0.3) is 0 Å². The normalized spacial score (nSPS) is 13.4. The zero-order chi connectivity index (χ0) is 12.9. The average Bonchev–Trinajstić information content (AvgIpc) is 2.36. The average molecular weight is 238 g/mol. The van der Waals surface area contributed by atoms with Crippen molar-refractivity contribution < 1.29 is 8.78 Å². The zero-order valence-corrected chi connectivity index (χ0v) is 10.0. The predicted octanol–water partition coefficient (Wildman–Crippen LogP) is 3.01. The van der Waals surface area contributed by atoms with Gasteiger partial charge in [0.15, 0.2) is 6.04 Å². The quantitative estimate of drug-likeness (QED) is 0.788. The van der Waals surface area contributed by atoms with Gasteiger partial charge in [-0.1, -0.05) is 44.2 Å². The number of hydrogen-bond donors (Lipinski definition) is 0. The molecule has 17 heavy (non-hydrogen) atoms. The lowest BCUT2D eigenvalue weighted by molar-refractivity contribution is -0.0647. The third kappa shape index (κ3) is 2.80. The number of alkyl halides is 2. The molecule has 0 saturated carbocycles. The van der Waals surface area contributed by atoms with Crippen LogP contribution < -0.4 is 0 Å². The highest BCUT2D eigenvalue weighted by Gasteiger charge is 2.44. The van der Waals surface area contributed by atoms with Gasteiger partial charge in [0.2, 0.25) is 0 Å². The van der Waals surface area contributed by atoms with Gasteiger partial charge in [-0.05, 0) is 13.1 Å². The minimum atomic E-state index is -3.15. The van der Waals surface area contributed by atoms with E-state index in [0.717, 1.165) is 0 Å². The molecule has 1 unspecified atom stereocenters. The first-order valence-corrected chi connectivity index (χ1v) is 5.64. The third-order valence-corrected chi connectivity index (χ3v) is 2.80. The van der Waals surface area contributed by atoms with Crippen LogP contribution in [0.3, 0.4) is 0 Å². The predicted molar refractivity (Wildman–Crippen MR) is 62.7 cm³/mol. The lowest BCUT2D eigenvalue weighted by Crippen LogP contribution is -2.45. The summed E-state index contributed by atoms with van der Waals surface area (Å²) < 4.78 is 28.4. The topological polar surface area (TPSA) is 27.0 Å². The van der Waals surface area contributed by atoms with Crippen LogP contribution in [-0.4, -0.2) is 24.0 Å². The summed E-state index contributed by atoms with van der Waals surface area (Å²) in [5.74, 6) is -3.15. The Morgan fingerprint density at radius 3 is 2.18 bits per heavy atom. The molecule has 1 aromatic rings. The second-order valence-electron chi connectivity index (χ2n) is 3.74. The fraction of sp³-hybridized carbons (Fsp3) is 0.462. The number of halogens is 2. The molecule has 1 rings (SSSR count). The van der Waals surface area contributed by atoms with E-state index in [2.05, 4.69) is 0 Å². The number of nitrogens with zero attached hydrogens (tertiary/aromatic N) is 2. The monoisotopic (exact) mass is 238 g/mol. The molecule has 0 fully saturated rings. The molecule has 92 valence electrons. The highest BCUT2D eigenvalue weighted by Crippen LogP contribution is 2.34. The Bertz CT molecular complexity index is 380.